The minimum absolute atomic E-state index is 0.00767. The van der Waals surface area contributed by atoms with Crippen LogP contribution in [0.1, 0.15) is 16.1 Å². The molecule has 0 aliphatic heterocycles. The van der Waals surface area contributed by atoms with E-state index in [-0.39, 0.29) is 19.9 Å². The summed E-state index contributed by atoms with van der Waals surface area (Å²) in [5.41, 5.74) is 5.47. The van der Waals surface area contributed by atoms with Gasteiger partial charge in [0.05, 0.1) is 27.9 Å². The standard InChI is InChI=1S/C25H15Cl2N3O5S/c1-34-25(33)16-5-3-2-4-15(16)20-9-7-14(35-20)11-21-23(32)30(19-8-6-13(26)10-18(19)27)24(36-21)17(12-28)22(29)31/h2-11H,1H3,(H2,29,31). The fraction of sp³-hybridized carbons (Fsp3) is 0.0400. The molecule has 4 aromatic rings. The van der Waals surface area contributed by atoms with Crippen LogP contribution in [0.15, 0.2) is 63.8 Å². The lowest BCUT2D eigenvalue weighted by atomic mass is 10.1. The van der Waals surface area contributed by atoms with Gasteiger partial charge in [-0.1, -0.05) is 41.4 Å². The fourth-order valence-corrected chi connectivity index (χ4v) is 5.01. The van der Waals surface area contributed by atoms with Gasteiger partial charge in [0.1, 0.15) is 22.3 Å². The molecule has 0 radical (unpaired) electrons. The summed E-state index contributed by atoms with van der Waals surface area (Å²) in [6.45, 7) is 0. The third-order valence-corrected chi connectivity index (χ3v) is 6.67. The number of amides is 1. The van der Waals surface area contributed by atoms with E-state index in [1.54, 1.807) is 42.5 Å². The van der Waals surface area contributed by atoms with Crippen LogP contribution in [0.5, 0.6) is 0 Å². The second-order valence-corrected chi connectivity index (χ2v) is 9.12. The second kappa shape index (κ2) is 10.3. The molecule has 0 saturated carbocycles. The van der Waals surface area contributed by atoms with Crippen molar-refractivity contribution in [3.05, 3.63) is 95.5 Å². The van der Waals surface area contributed by atoms with Gasteiger partial charge in [0, 0.05) is 16.7 Å². The lowest BCUT2D eigenvalue weighted by Gasteiger charge is -2.06. The van der Waals surface area contributed by atoms with Crippen molar-refractivity contribution < 1.29 is 18.7 Å². The Morgan fingerprint density at radius 1 is 1.17 bits per heavy atom. The Morgan fingerprint density at radius 2 is 1.92 bits per heavy atom. The van der Waals surface area contributed by atoms with E-state index in [1.807, 2.05) is 0 Å². The molecule has 2 N–H and O–H groups in total. The zero-order valence-corrected chi connectivity index (χ0v) is 20.8. The molecule has 8 nitrogen and oxygen atoms in total. The molecular formula is C25H15Cl2N3O5S. The molecule has 11 heteroatoms. The summed E-state index contributed by atoms with van der Waals surface area (Å²) in [7, 11) is 1.28. The van der Waals surface area contributed by atoms with Gasteiger partial charge in [-0.15, -0.1) is 11.3 Å². The van der Waals surface area contributed by atoms with E-state index < -0.39 is 23.0 Å². The first-order chi connectivity index (χ1) is 17.2. The summed E-state index contributed by atoms with van der Waals surface area (Å²) in [6.07, 6.45) is 1.46. The van der Waals surface area contributed by atoms with Gasteiger partial charge in [-0.05, 0) is 36.4 Å². The van der Waals surface area contributed by atoms with Crippen molar-refractivity contribution in [3.8, 4) is 23.1 Å². The molecule has 0 saturated heterocycles. The highest BCUT2D eigenvalue weighted by atomic mass is 35.5. The van der Waals surface area contributed by atoms with Crippen LogP contribution >= 0.6 is 34.5 Å². The number of primary amides is 1. The number of esters is 1. The Morgan fingerprint density at radius 3 is 2.58 bits per heavy atom. The van der Waals surface area contributed by atoms with Gasteiger partial charge < -0.3 is 14.9 Å². The number of rotatable bonds is 5. The highest BCUT2D eigenvalue weighted by Gasteiger charge is 2.18. The van der Waals surface area contributed by atoms with Crippen LogP contribution in [0.4, 0.5) is 0 Å². The number of carbonyl (C=O) groups is 2. The number of carbonyl (C=O) groups excluding carboxylic acids is 2. The first kappa shape index (κ1) is 25.0. The van der Waals surface area contributed by atoms with Crippen LogP contribution < -0.4 is 20.5 Å². The number of methoxy groups -OCH3 is 1. The van der Waals surface area contributed by atoms with Gasteiger partial charge >= 0.3 is 5.97 Å². The van der Waals surface area contributed by atoms with Crippen molar-refractivity contribution in [2.24, 2.45) is 5.73 Å². The summed E-state index contributed by atoms with van der Waals surface area (Å²) in [4.78, 5) is 37.5. The molecule has 180 valence electrons. The monoisotopic (exact) mass is 539 g/mol. The number of thiazole rings is 1. The Kier molecular flexibility index (Phi) is 7.12. The summed E-state index contributed by atoms with van der Waals surface area (Å²) in [5, 5.41) is 10.0. The Balaban J connectivity index is 1.94. The first-order valence-electron chi connectivity index (χ1n) is 10.2. The minimum Gasteiger partial charge on any atom is -0.465 e. The molecule has 0 spiro atoms. The molecule has 36 heavy (non-hydrogen) atoms. The number of benzene rings is 2. The maximum absolute atomic E-state index is 13.4. The van der Waals surface area contributed by atoms with Crippen molar-refractivity contribution in [1.29, 1.82) is 5.26 Å². The number of nitrogens with zero attached hydrogens (tertiary/aromatic N) is 2. The Labute approximate surface area is 217 Å². The average Bonchev–Trinajstić information content (AvgIpc) is 3.44. The van der Waals surface area contributed by atoms with E-state index in [0.717, 1.165) is 15.9 Å². The van der Waals surface area contributed by atoms with Gasteiger partial charge in [-0.2, -0.15) is 5.26 Å². The number of halogens is 2. The quantitative estimate of drug-likeness (QED) is 0.387. The number of hydrogen-bond acceptors (Lipinski definition) is 7. The zero-order valence-electron chi connectivity index (χ0n) is 18.5. The summed E-state index contributed by atoms with van der Waals surface area (Å²) in [5.74, 6) is -0.851. The number of nitriles is 1. The number of furan rings is 1. The molecular weight excluding hydrogens is 525 g/mol. The maximum atomic E-state index is 13.4. The summed E-state index contributed by atoms with van der Waals surface area (Å²) >= 11 is 13.2. The molecule has 1 amide bonds. The lowest BCUT2D eigenvalue weighted by Crippen LogP contribution is -2.32. The third kappa shape index (κ3) is 4.70. The molecule has 0 aliphatic carbocycles. The molecule has 0 fully saturated rings. The highest BCUT2D eigenvalue weighted by Crippen LogP contribution is 2.27. The molecule has 4 rings (SSSR count). The predicted molar refractivity (Wildman–Crippen MR) is 136 cm³/mol. The molecule has 2 aromatic heterocycles. The second-order valence-electron chi connectivity index (χ2n) is 7.24. The number of aromatic nitrogens is 1. The minimum atomic E-state index is -0.996. The summed E-state index contributed by atoms with van der Waals surface area (Å²) < 4.78 is 12.0. The van der Waals surface area contributed by atoms with Crippen molar-refractivity contribution in [1.82, 2.24) is 4.57 Å². The number of ether oxygens (including phenoxy) is 1. The van der Waals surface area contributed by atoms with Crippen molar-refractivity contribution in [2.75, 3.05) is 7.11 Å². The van der Waals surface area contributed by atoms with E-state index in [2.05, 4.69) is 0 Å². The van der Waals surface area contributed by atoms with Gasteiger partial charge in [0.2, 0.25) is 0 Å². The normalized spacial score (nSPS) is 12.2. The molecule has 0 atom stereocenters. The van der Waals surface area contributed by atoms with E-state index >= 15 is 0 Å². The van der Waals surface area contributed by atoms with Crippen LogP contribution in [-0.4, -0.2) is 23.6 Å². The maximum Gasteiger partial charge on any atom is 0.338 e. The van der Waals surface area contributed by atoms with Gasteiger partial charge in [-0.3, -0.25) is 14.2 Å². The number of hydrogen-bond donors (Lipinski definition) is 1. The number of nitrogens with two attached hydrogens (primary N) is 1. The largest absolute Gasteiger partial charge is 0.465 e. The molecule has 0 aliphatic rings. The molecule has 0 bridgehead atoms. The van der Waals surface area contributed by atoms with E-state index in [9.17, 15) is 19.6 Å². The topological polar surface area (TPSA) is 128 Å². The van der Waals surface area contributed by atoms with Crippen LogP contribution in [0.25, 0.3) is 28.7 Å². The first-order valence-corrected chi connectivity index (χ1v) is 11.7. The van der Waals surface area contributed by atoms with Crippen LogP contribution in [0.3, 0.4) is 0 Å². The van der Waals surface area contributed by atoms with Crippen LogP contribution in [-0.2, 0) is 9.53 Å². The van der Waals surface area contributed by atoms with Crippen molar-refractivity contribution in [2.45, 2.75) is 0 Å². The van der Waals surface area contributed by atoms with Crippen LogP contribution in [0, 0.1) is 11.3 Å². The fourth-order valence-electron chi connectivity index (χ4n) is 3.43. The van der Waals surface area contributed by atoms with Crippen LogP contribution in [0.2, 0.25) is 10.0 Å². The van der Waals surface area contributed by atoms with Gasteiger partial charge in [-0.25, -0.2) is 4.79 Å². The predicted octanol–water partition coefficient (Wildman–Crippen LogP) is 3.24. The highest BCUT2D eigenvalue weighted by molar-refractivity contribution is 7.07. The van der Waals surface area contributed by atoms with E-state index in [4.69, 9.17) is 38.1 Å². The Bertz CT molecular complexity index is 1740. The molecule has 0 unspecified atom stereocenters. The van der Waals surface area contributed by atoms with Gasteiger partial charge in [0.15, 0.2) is 5.57 Å². The van der Waals surface area contributed by atoms with E-state index in [0.29, 0.717) is 27.7 Å². The molecule has 2 aromatic carbocycles. The average molecular weight is 540 g/mol. The molecule has 2 heterocycles. The zero-order chi connectivity index (χ0) is 26.0. The SMILES string of the molecule is COC(=O)c1ccccc1-c1ccc(C=c2sc(=C(C#N)C(N)=O)n(-c3ccc(Cl)cc3Cl)c2=O)o1. The van der Waals surface area contributed by atoms with Crippen molar-refractivity contribution >= 4 is 58.1 Å². The lowest BCUT2D eigenvalue weighted by molar-refractivity contribution is -0.112. The third-order valence-electron chi connectivity index (χ3n) is 5.04. The smallest absolute Gasteiger partial charge is 0.338 e. The summed E-state index contributed by atoms with van der Waals surface area (Å²) in [6, 6.07) is 16.2. The van der Waals surface area contributed by atoms with Gasteiger partial charge in [0.25, 0.3) is 11.5 Å². The van der Waals surface area contributed by atoms with E-state index in [1.165, 1.54) is 31.4 Å². The van der Waals surface area contributed by atoms with Crippen molar-refractivity contribution in [3.63, 3.8) is 0 Å². The Hall–Kier alpha value is -4.10.